The number of hydrogen-bond acceptors (Lipinski definition) is 5. The molecule has 0 radical (unpaired) electrons. The average molecular weight is 759 g/mol. The highest BCUT2D eigenvalue weighted by atomic mass is 31.2. The van der Waals surface area contributed by atoms with Crippen molar-refractivity contribution < 1.29 is 23.5 Å². The van der Waals surface area contributed by atoms with Crippen LogP contribution in [0.1, 0.15) is 0 Å². The van der Waals surface area contributed by atoms with Crippen LogP contribution in [0.25, 0.3) is 32.7 Å². The van der Waals surface area contributed by atoms with Crippen LogP contribution in [-0.2, 0) is 4.57 Å². The third-order valence-electron chi connectivity index (χ3n) is 10.2. The zero-order valence-corrected chi connectivity index (χ0v) is 32.9. The molecule has 7 heteroatoms. The van der Waals surface area contributed by atoms with Gasteiger partial charge in [0, 0.05) is 21.5 Å². The van der Waals surface area contributed by atoms with Crippen LogP contribution in [0, 0.1) is 0 Å². The van der Waals surface area contributed by atoms with Gasteiger partial charge in [0.1, 0.15) is 23.0 Å². The molecule has 55 heavy (non-hydrogen) atoms. The van der Waals surface area contributed by atoms with Gasteiger partial charge in [-0.3, -0.25) is 0 Å². The van der Waals surface area contributed by atoms with Gasteiger partial charge in [0.2, 0.25) is 0 Å². The molecule has 0 fully saturated rings. The van der Waals surface area contributed by atoms with Crippen molar-refractivity contribution in [3.8, 4) is 34.1 Å². The average Bonchev–Trinajstić information content (AvgIpc) is 3.26. The zero-order chi connectivity index (χ0) is 37.9. The van der Waals surface area contributed by atoms with E-state index >= 15 is 4.57 Å². The summed E-state index contributed by atoms with van der Waals surface area (Å²) in [5, 5.41) is 9.94. The molecule has 0 N–H and O–H groups in total. The monoisotopic (exact) mass is 758 g/mol. The van der Waals surface area contributed by atoms with Crippen LogP contribution in [0.5, 0.6) is 23.0 Å². The maximum Gasteiger partial charge on any atom is 0.171 e. The van der Waals surface area contributed by atoms with Crippen molar-refractivity contribution in [2.75, 3.05) is 28.4 Å². The van der Waals surface area contributed by atoms with Crippen LogP contribution < -0.4 is 50.8 Å². The van der Waals surface area contributed by atoms with Crippen molar-refractivity contribution in [1.82, 2.24) is 0 Å². The van der Waals surface area contributed by atoms with Gasteiger partial charge in [0.25, 0.3) is 0 Å². The Morgan fingerprint density at radius 2 is 0.782 bits per heavy atom. The van der Waals surface area contributed by atoms with Crippen molar-refractivity contribution in [3.05, 3.63) is 170 Å². The minimum Gasteiger partial charge on any atom is -0.497 e. The van der Waals surface area contributed by atoms with Gasteiger partial charge in [-0.15, -0.1) is 0 Å². The second-order valence-corrected chi connectivity index (χ2v) is 18.0. The van der Waals surface area contributed by atoms with Gasteiger partial charge in [-0.2, -0.15) is 0 Å². The zero-order valence-electron chi connectivity index (χ0n) is 31.1. The van der Waals surface area contributed by atoms with E-state index in [1.54, 1.807) is 28.4 Å². The van der Waals surface area contributed by atoms with Gasteiger partial charge in [-0.05, 0) is 130 Å². The molecule has 0 bridgehead atoms. The van der Waals surface area contributed by atoms with Gasteiger partial charge >= 0.3 is 0 Å². The Morgan fingerprint density at radius 3 is 1.22 bits per heavy atom. The molecule has 5 nitrogen and oxygen atoms in total. The molecule has 8 aromatic carbocycles. The number of hydrogen-bond donors (Lipinski definition) is 0. The second kappa shape index (κ2) is 15.5. The Balaban J connectivity index is 1.52. The van der Waals surface area contributed by atoms with Gasteiger partial charge in [-0.25, -0.2) is 0 Å². The van der Waals surface area contributed by atoms with Crippen LogP contribution in [0.15, 0.2) is 170 Å². The van der Waals surface area contributed by atoms with Crippen LogP contribution in [0.3, 0.4) is 0 Å². The van der Waals surface area contributed by atoms with Crippen LogP contribution >= 0.6 is 15.1 Å². The fourth-order valence-electron chi connectivity index (χ4n) is 7.40. The summed E-state index contributed by atoms with van der Waals surface area (Å²) in [5.74, 6) is 2.99. The number of rotatable bonds is 11. The van der Waals surface area contributed by atoms with Crippen molar-refractivity contribution in [1.29, 1.82) is 0 Å². The first-order valence-electron chi connectivity index (χ1n) is 18.0. The van der Waals surface area contributed by atoms with E-state index in [-0.39, 0.29) is 0 Å². The molecule has 0 aliphatic rings. The standard InChI is InChI=1S/C48H40O5P2/c1-50-35-15-23-39(24-16-35)54(40-25-17-36(51-2)18-26-40)45-31-13-33-9-5-7-11-43(33)47(45)48-44-12-8-6-10-34(44)14-32-46(48)55(49,41-27-19-37(52-3)20-28-41)42-29-21-38(53-4)22-30-42/h5-32H,1-4H3. The number of benzene rings is 8. The van der Waals surface area contributed by atoms with Crippen molar-refractivity contribution in [3.63, 3.8) is 0 Å². The first kappa shape index (κ1) is 36.1. The molecule has 8 aromatic rings. The van der Waals surface area contributed by atoms with E-state index in [1.807, 2.05) is 72.8 Å². The third kappa shape index (κ3) is 6.65. The minimum atomic E-state index is -3.57. The van der Waals surface area contributed by atoms with E-state index in [9.17, 15) is 0 Å². The SMILES string of the molecule is COc1ccc(P(c2ccc(OC)cc2)c2ccc3ccccc3c2-c2c(P(=O)(c3ccc(OC)cc3)c3ccc(OC)cc3)ccc3ccccc23)cc1. The van der Waals surface area contributed by atoms with E-state index in [0.29, 0.717) is 22.1 Å². The van der Waals surface area contributed by atoms with Gasteiger partial charge in [0.15, 0.2) is 7.14 Å². The van der Waals surface area contributed by atoms with Crippen LogP contribution in [-0.4, -0.2) is 28.4 Å². The van der Waals surface area contributed by atoms with Crippen LogP contribution in [0.2, 0.25) is 0 Å². The largest absolute Gasteiger partial charge is 0.497 e. The summed E-state index contributed by atoms with van der Waals surface area (Å²) >= 11 is 0. The van der Waals surface area contributed by atoms with Crippen molar-refractivity contribution in [2.24, 2.45) is 0 Å². The van der Waals surface area contributed by atoms with Gasteiger partial charge < -0.3 is 23.5 Å². The molecule has 0 aliphatic carbocycles. The van der Waals surface area contributed by atoms with E-state index in [2.05, 4.69) is 97.1 Å². The third-order valence-corrected chi connectivity index (χ3v) is 15.8. The first-order valence-corrected chi connectivity index (χ1v) is 21.0. The van der Waals surface area contributed by atoms with E-state index in [0.717, 1.165) is 65.4 Å². The normalized spacial score (nSPS) is 11.5. The van der Waals surface area contributed by atoms with Gasteiger partial charge in [-0.1, -0.05) is 91.0 Å². The molecular weight excluding hydrogens is 718 g/mol. The summed E-state index contributed by atoms with van der Waals surface area (Å²) < 4.78 is 39.0. The maximum atomic E-state index is 16.6. The van der Waals surface area contributed by atoms with E-state index in [1.165, 1.54) is 0 Å². The summed E-state index contributed by atoms with van der Waals surface area (Å²) in [5.41, 5.74) is 2.01. The molecule has 0 saturated heterocycles. The summed E-state index contributed by atoms with van der Waals surface area (Å²) in [6, 6.07) is 57.7. The second-order valence-electron chi connectivity index (χ2n) is 13.1. The fraction of sp³-hybridized carbons (Fsp3) is 0.0833. The Hall–Kier alpha value is -5.86. The fourth-order valence-corrected chi connectivity index (χ4v) is 12.6. The summed E-state index contributed by atoms with van der Waals surface area (Å²) in [7, 11) is 1.93. The molecule has 0 heterocycles. The number of methoxy groups -OCH3 is 4. The first-order chi connectivity index (χ1) is 27.0. The lowest BCUT2D eigenvalue weighted by Crippen LogP contribution is -2.28. The molecule has 0 aromatic heterocycles. The Labute approximate surface area is 323 Å². The highest BCUT2D eigenvalue weighted by Gasteiger charge is 2.35. The van der Waals surface area contributed by atoms with Crippen molar-refractivity contribution in [2.45, 2.75) is 0 Å². The van der Waals surface area contributed by atoms with E-state index in [4.69, 9.17) is 18.9 Å². The molecular formula is C48H40O5P2. The van der Waals surface area contributed by atoms with Gasteiger partial charge in [0.05, 0.1) is 28.4 Å². The van der Waals surface area contributed by atoms with E-state index < -0.39 is 15.1 Å². The molecule has 272 valence electrons. The molecule has 0 atom stereocenters. The molecule has 0 saturated carbocycles. The Bertz CT molecular complexity index is 2560. The Kier molecular flexibility index (Phi) is 10.2. The highest BCUT2D eigenvalue weighted by molar-refractivity contribution is 7.85. The predicted octanol–water partition coefficient (Wildman–Crippen LogP) is 9.09. The Morgan fingerprint density at radius 1 is 0.400 bits per heavy atom. The smallest absolute Gasteiger partial charge is 0.171 e. The molecule has 0 spiro atoms. The number of ether oxygens (including phenoxy) is 4. The quantitative estimate of drug-likeness (QED) is 0.123. The highest BCUT2D eigenvalue weighted by Crippen LogP contribution is 2.50. The summed E-state index contributed by atoms with van der Waals surface area (Å²) in [6.07, 6.45) is 0. The van der Waals surface area contributed by atoms with Crippen LogP contribution in [0.4, 0.5) is 0 Å². The summed E-state index contributed by atoms with van der Waals surface area (Å²) in [4.78, 5) is 0. The number of fused-ring (bicyclic) bond motifs is 2. The summed E-state index contributed by atoms with van der Waals surface area (Å²) in [6.45, 7) is 0. The minimum absolute atomic E-state index is 0.699. The molecule has 8 rings (SSSR count). The molecule has 0 amide bonds. The predicted molar refractivity (Wildman–Crippen MR) is 231 cm³/mol. The van der Waals surface area contributed by atoms with Crippen molar-refractivity contribution >= 4 is 68.4 Å². The maximum absolute atomic E-state index is 16.6. The lowest BCUT2D eigenvalue weighted by atomic mass is 9.93. The lowest BCUT2D eigenvalue weighted by molar-refractivity contribution is 0.415. The molecule has 0 aliphatic heterocycles. The molecule has 0 unspecified atom stereocenters. The lowest BCUT2D eigenvalue weighted by Gasteiger charge is -2.28. The topological polar surface area (TPSA) is 54.0 Å².